The molecular formula is C28H27F2N5O4. The molecule has 3 aromatic rings. The SMILES string of the molecule is C/C=C(\C)C#Cc1ccc2c(c1)c(C(N)=O)nn2CC(=O)N1C[C@H](F)C[C@H]1C(=O)NCc1cccc(O)c1F. The van der Waals surface area contributed by atoms with Crippen molar-refractivity contribution in [3.05, 3.63) is 70.7 Å². The highest BCUT2D eigenvalue weighted by Gasteiger charge is 2.40. The van der Waals surface area contributed by atoms with E-state index in [1.54, 1.807) is 18.2 Å². The van der Waals surface area contributed by atoms with Crippen molar-refractivity contribution in [2.24, 2.45) is 5.73 Å². The molecule has 202 valence electrons. The Morgan fingerprint density at radius 2 is 2.05 bits per heavy atom. The number of amides is 3. The molecule has 2 heterocycles. The van der Waals surface area contributed by atoms with Crippen LogP contribution >= 0.6 is 0 Å². The van der Waals surface area contributed by atoms with Gasteiger partial charge in [0, 0.05) is 29.5 Å². The first-order valence-electron chi connectivity index (χ1n) is 12.2. The Balaban J connectivity index is 1.54. The predicted octanol–water partition coefficient (Wildman–Crippen LogP) is 2.55. The maximum atomic E-state index is 14.4. The van der Waals surface area contributed by atoms with Gasteiger partial charge in [-0.1, -0.05) is 30.0 Å². The van der Waals surface area contributed by atoms with E-state index in [2.05, 4.69) is 22.3 Å². The number of nitrogens with two attached hydrogens (primary N) is 1. The molecule has 0 aliphatic carbocycles. The van der Waals surface area contributed by atoms with Crippen LogP contribution in [0.5, 0.6) is 5.75 Å². The summed E-state index contributed by atoms with van der Waals surface area (Å²) in [5.74, 6) is 2.51. The highest BCUT2D eigenvalue weighted by molar-refractivity contribution is 6.04. The van der Waals surface area contributed by atoms with E-state index in [1.807, 2.05) is 19.9 Å². The summed E-state index contributed by atoms with van der Waals surface area (Å²) >= 11 is 0. The molecular weight excluding hydrogens is 508 g/mol. The molecule has 0 bridgehead atoms. The number of carbonyl (C=O) groups is 3. The molecule has 1 aliphatic rings. The number of nitrogens with zero attached hydrogens (tertiary/aromatic N) is 3. The minimum Gasteiger partial charge on any atom is -0.505 e. The maximum Gasteiger partial charge on any atom is 0.269 e. The molecule has 1 aromatic heterocycles. The van der Waals surface area contributed by atoms with Crippen LogP contribution in [0.3, 0.4) is 0 Å². The van der Waals surface area contributed by atoms with Gasteiger partial charge >= 0.3 is 0 Å². The van der Waals surface area contributed by atoms with Crippen molar-refractivity contribution < 1.29 is 28.3 Å². The summed E-state index contributed by atoms with van der Waals surface area (Å²) in [5, 5.41) is 16.6. The van der Waals surface area contributed by atoms with Crippen molar-refractivity contribution in [2.45, 2.75) is 45.6 Å². The van der Waals surface area contributed by atoms with Crippen LogP contribution in [-0.2, 0) is 22.7 Å². The maximum absolute atomic E-state index is 14.4. The van der Waals surface area contributed by atoms with Gasteiger partial charge in [-0.3, -0.25) is 19.1 Å². The van der Waals surface area contributed by atoms with Crippen molar-refractivity contribution in [1.82, 2.24) is 20.0 Å². The number of alkyl halides is 1. The van der Waals surface area contributed by atoms with Crippen LogP contribution < -0.4 is 11.1 Å². The molecule has 0 saturated carbocycles. The number of primary amides is 1. The quantitative estimate of drug-likeness (QED) is 0.418. The lowest BCUT2D eigenvalue weighted by Crippen LogP contribution is -2.46. The van der Waals surface area contributed by atoms with Gasteiger partial charge < -0.3 is 21.1 Å². The van der Waals surface area contributed by atoms with E-state index >= 15 is 0 Å². The number of rotatable bonds is 6. The van der Waals surface area contributed by atoms with Gasteiger partial charge in [0.05, 0.1) is 12.1 Å². The normalized spacial score (nSPS) is 17.1. The number of allylic oxidation sites excluding steroid dienone is 2. The van der Waals surface area contributed by atoms with Crippen molar-refractivity contribution in [1.29, 1.82) is 0 Å². The number of nitrogens with one attached hydrogen (secondary N) is 1. The largest absolute Gasteiger partial charge is 0.505 e. The number of aromatic hydroxyl groups is 1. The zero-order valence-electron chi connectivity index (χ0n) is 21.4. The third-order valence-electron chi connectivity index (χ3n) is 6.49. The average Bonchev–Trinajstić information content (AvgIpc) is 3.48. The number of halogens is 2. The number of phenols is 1. The number of likely N-dealkylation sites (tertiary alicyclic amines) is 1. The van der Waals surface area contributed by atoms with Gasteiger partial charge in [0.15, 0.2) is 17.3 Å². The summed E-state index contributed by atoms with van der Waals surface area (Å²) in [5.41, 5.74) is 7.46. The second kappa shape index (κ2) is 11.3. The molecule has 1 saturated heterocycles. The Hall–Kier alpha value is -4.72. The minimum absolute atomic E-state index is 0.0444. The van der Waals surface area contributed by atoms with Gasteiger partial charge in [-0.2, -0.15) is 5.10 Å². The van der Waals surface area contributed by atoms with Crippen LogP contribution in [0.1, 0.15) is 41.9 Å². The number of fused-ring (bicyclic) bond motifs is 1. The molecule has 2 aromatic carbocycles. The van der Waals surface area contributed by atoms with E-state index < -0.39 is 41.5 Å². The Labute approximate surface area is 223 Å². The van der Waals surface area contributed by atoms with Crippen LogP contribution in [0.2, 0.25) is 0 Å². The summed E-state index contributed by atoms with van der Waals surface area (Å²) in [6.07, 6.45) is 0.211. The number of hydrogen-bond donors (Lipinski definition) is 3. The molecule has 0 unspecified atom stereocenters. The summed E-state index contributed by atoms with van der Waals surface area (Å²) in [6.45, 7) is 2.81. The number of aromatic nitrogens is 2. The van der Waals surface area contributed by atoms with Crippen LogP contribution in [0.25, 0.3) is 10.9 Å². The molecule has 1 fully saturated rings. The van der Waals surface area contributed by atoms with E-state index in [-0.39, 0.29) is 37.3 Å². The average molecular weight is 536 g/mol. The first kappa shape index (κ1) is 27.3. The zero-order valence-corrected chi connectivity index (χ0v) is 21.4. The highest BCUT2D eigenvalue weighted by atomic mass is 19.1. The fraction of sp³-hybridized carbons (Fsp3) is 0.286. The topological polar surface area (TPSA) is 131 Å². The molecule has 39 heavy (non-hydrogen) atoms. The summed E-state index contributed by atoms with van der Waals surface area (Å²) < 4.78 is 29.7. The fourth-order valence-electron chi connectivity index (χ4n) is 4.33. The monoisotopic (exact) mass is 535 g/mol. The summed E-state index contributed by atoms with van der Waals surface area (Å²) in [7, 11) is 0. The first-order valence-corrected chi connectivity index (χ1v) is 12.2. The van der Waals surface area contributed by atoms with Gasteiger partial charge in [0.2, 0.25) is 11.8 Å². The molecule has 4 N–H and O–H groups in total. The number of carbonyl (C=O) groups excluding carboxylic acids is 3. The van der Waals surface area contributed by atoms with Crippen molar-refractivity contribution in [2.75, 3.05) is 6.54 Å². The third kappa shape index (κ3) is 5.90. The Morgan fingerprint density at radius 1 is 1.28 bits per heavy atom. The molecule has 11 heteroatoms. The Kier molecular flexibility index (Phi) is 7.95. The minimum atomic E-state index is -1.43. The van der Waals surface area contributed by atoms with Gasteiger partial charge in [0.1, 0.15) is 18.8 Å². The molecule has 2 atom stereocenters. The number of hydrogen-bond acceptors (Lipinski definition) is 5. The number of phenolic OH excluding ortho intramolecular Hbond substituents is 1. The smallest absolute Gasteiger partial charge is 0.269 e. The van der Waals surface area contributed by atoms with E-state index in [0.717, 1.165) is 10.5 Å². The second-order valence-corrected chi connectivity index (χ2v) is 9.19. The second-order valence-electron chi connectivity index (χ2n) is 9.19. The van der Waals surface area contributed by atoms with Crippen LogP contribution in [0, 0.1) is 17.7 Å². The number of benzene rings is 2. The van der Waals surface area contributed by atoms with Crippen LogP contribution in [0.4, 0.5) is 8.78 Å². The lowest BCUT2D eigenvalue weighted by Gasteiger charge is -2.24. The van der Waals surface area contributed by atoms with Gasteiger partial charge in [-0.25, -0.2) is 8.78 Å². The molecule has 0 spiro atoms. The van der Waals surface area contributed by atoms with E-state index in [9.17, 15) is 28.3 Å². The lowest BCUT2D eigenvalue weighted by molar-refractivity contribution is -0.139. The third-order valence-corrected chi connectivity index (χ3v) is 6.49. The molecule has 1 aliphatic heterocycles. The van der Waals surface area contributed by atoms with E-state index in [4.69, 9.17) is 5.73 Å². The molecule has 4 rings (SSSR count). The van der Waals surface area contributed by atoms with Crippen LogP contribution in [-0.4, -0.2) is 56.3 Å². The van der Waals surface area contributed by atoms with Crippen molar-refractivity contribution in [3.8, 4) is 17.6 Å². The fourth-order valence-corrected chi connectivity index (χ4v) is 4.33. The summed E-state index contributed by atoms with van der Waals surface area (Å²) in [6, 6.07) is 7.90. The van der Waals surface area contributed by atoms with Gasteiger partial charge in [0.25, 0.3) is 5.91 Å². The Bertz CT molecular complexity index is 1550. The van der Waals surface area contributed by atoms with Crippen molar-refractivity contribution >= 4 is 28.6 Å². The standard InChI is InChI=1S/C28H27F2N5O4/c1-3-16(2)7-8-17-9-10-21-20(11-17)26(27(31)38)33-35(21)15-24(37)34-14-19(29)12-22(34)28(39)32-13-18-5-4-6-23(36)25(18)30/h3-6,9-11,19,22,36H,12-15H2,1-2H3,(H2,31,38)(H,32,39)/b16-3+/t19-,22+/m1/s1. The van der Waals surface area contributed by atoms with E-state index in [0.29, 0.717) is 16.5 Å². The van der Waals surface area contributed by atoms with Gasteiger partial charge in [-0.15, -0.1) is 0 Å². The Morgan fingerprint density at radius 3 is 2.77 bits per heavy atom. The first-order chi connectivity index (χ1) is 18.6. The van der Waals surface area contributed by atoms with E-state index in [1.165, 1.54) is 22.9 Å². The highest BCUT2D eigenvalue weighted by Crippen LogP contribution is 2.24. The predicted molar refractivity (Wildman–Crippen MR) is 139 cm³/mol. The zero-order chi connectivity index (χ0) is 28.3. The molecule has 0 radical (unpaired) electrons. The lowest BCUT2D eigenvalue weighted by atomic mass is 10.1. The summed E-state index contributed by atoms with van der Waals surface area (Å²) in [4.78, 5) is 39.3. The van der Waals surface area contributed by atoms with Crippen LogP contribution in [0.15, 0.2) is 48.0 Å². The van der Waals surface area contributed by atoms with Crippen molar-refractivity contribution in [3.63, 3.8) is 0 Å². The van der Waals surface area contributed by atoms with Gasteiger partial charge in [-0.05, 0) is 43.7 Å². The molecule has 3 amide bonds. The molecule has 9 nitrogen and oxygen atoms in total.